The van der Waals surface area contributed by atoms with Crippen LogP contribution in [0.15, 0.2) is 27.3 Å². The van der Waals surface area contributed by atoms with Crippen molar-refractivity contribution in [1.82, 2.24) is 9.71 Å². The van der Waals surface area contributed by atoms with Crippen molar-refractivity contribution >= 4 is 56.8 Å². The molecule has 0 unspecified atom stereocenters. The Hall–Kier alpha value is -2.35. The van der Waals surface area contributed by atoms with Gasteiger partial charge in [-0.15, -0.1) is 23.1 Å². The zero-order valence-electron chi connectivity index (χ0n) is 18.9. The van der Waals surface area contributed by atoms with Gasteiger partial charge in [-0.1, -0.05) is 0 Å². The van der Waals surface area contributed by atoms with Gasteiger partial charge in [-0.3, -0.25) is 10.1 Å². The van der Waals surface area contributed by atoms with Crippen LogP contribution in [0.1, 0.15) is 23.3 Å². The average Bonchev–Trinajstić information content (AvgIpc) is 3.15. The smallest absolute Gasteiger partial charge is 0.334 e. The first-order valence-electron chi connectivity index (χ1n) is 9.97. The summed E-state index contributed by atoms with van der Waals surface area (Å²) in [5.74, 6) is 0.379. The molecule has 3 N–H and O–H groups in total. The molecule has 2 amide bonds. The van der Waals surface area contributed by atoms with Crippen molar-refractivity contribution in [2.75, 3.05) is 44.3 Å². The highest BCUT2D eigenvalue weighted by atomic mass is 32.2. The summed E-state index contributed by atoms with van der Waals surface area (Å²) in [6.45, 7) is 2.77. The van der Waals surface area contributed by atoms with Crippen molar-refractivity contribution < 1.29 is 27.5 Å². The molecule has 0 bridgehead atoms. The number of aryl methyl sites for hydroxylation is 1. The molecule has 0 spiro atoms. The van der Waals surface area contributed by atoms with Gasteiger partial charge < -0.3 is 14.8 Å². The molecule has 13 heteroatoms. The van der Waals surface area contributed by atoms with Crippen LogP contribution in [0.3, 0.4) is 0 Å². The highest BCUT2D eigenvalue weighted by Gasteiger charge is 2.22. The van der Waals surface area contributed by atoms with Gasteiger partial charge in [-0.25, -0.2) is 22.9 Å². The summed E-state index contributed by atoms with van der Waals surface area (Å²) in [7, 11) is -1.12. The molecule has 2 aromatic heterocycles. The number of methoxy groups -OCH3 is 2. The van der Waals surface area contributed by atoms with Gasteiger partial charge in [0.15, 0.2) is 0 Å². The number of esters is 1. The number of pyridine rings is 1. The summed E-state index contributed by atoms with van der Waals surface area (Å²) in [4.78, 5) is 29.6. The number of sulfonamides is 1. The van der Waals surface area contributed by atoms with Gasteiger partial charge in [-0.05, 0) is 43.4 Å². The number of nitrogens with one attached hydrogen (secondary N) is 3. The molecule has 33 heavy (non-hydrogen) atoms. The maximum atomic E-state index is 12.6. The van der Waals surface area contributed by atoms with Gasteiger partial charge in [0.2, 0.25) is 0 Å². The maximum Gasteiger partial charge on any atom is 0.334 e. The fourth-order valence-corrected chi connectivity index (χ4v) is 5.64. The minimum atomic E-state index is -4.04. The van der Waals surface area contributed by atoms with E-state index in [0.717, 1.165) is 26.7 Å². The largest absolute Gasteiger partial charge is 0.469 e. The Balaban J connectivity index is 2.04. The fourth-order valence-electron chi connectivity index (χ4n) is 2.71. The van der Waals surface area contributed by atoms with Crippen LogP contribution in [0.5, 0.6) is 0 Å². The second kappa shape index (κ2) is 12.8. The van der Waals surface area contributed by atoms with Gasteiger partial charge in [0.25, 0.3) is 10.0 Å². The molecule has 0 saturated carbocycles. The monoisotopic (exact) mass is 516 g/mol. The van der Waals surface area contributed by atoms with Gasteiger partial charge >= 0.3 is 12.0 Å². The number of thioether (sulfide) groups is 1. The number of hydrogen-bond donors (Lipinski definition) is 3. The van der Waals surface area contributed by atoms with E-state index in [4.69, 9.17) is 4.74 Å². The molecule has 0 aliphatic carbocycles. The summed E-state index contributed by atoms with van der Waals surface area (Å²) >= 11 is 2.55. The predicted octanol–water partition coefficient (Wildman–Crippen LogP) is 3.24. The molecule has 0 saturated heterocycles. The van der Waals surface area contributed by atoms with Gasteiger partial charge in [-0.2, -0.15) is 0 Å². The van der Waals surface area contributed by atoms with Crippen LogP contribution in [0, 0.1) is 6.92 Å². The zero-order valence-corrected chi connectivity index (χ0v) is 21.3. The van der Waals surface area contributed by atoms with Crippen molar-refractivity contribution in [3.05, 3.63) is 28.6 Å². The fraction of sp³-hybridized carbons (Fsp3) is 0.450. The van der Waals surface area contributed by atoms with E-state index >= 15 is 0 Å². The minimum Gasteiger partial charge on any atom is -0.469 e. The molecule has 0 radical (unpaired) electrons. The number of carbonyl (C=O) groups excluding carboxylic acids is 2. The van der Waals surface area contributed by atoms with E-state index in [0.29, 0.717) is 31.8 Å². The molecular weight excluding hydrogens is 488 g/mol. The number of amides is 2. The summed E-state index contributed by atoms with van der Waals surface area (Å²) in [5.41, 5.74) is 0.829. The quantitative estimate of drug-likeness (QED) is 0.221. The zero-order chi connectivity index (χ0) is 24.4. The van der Waals surface area contributed by atoms with E-state index in [9.17, 15) is 18.0 Å². The Morgan fingerprint density at radius 2 is 1.91 bits per heavy atom. The van der Waals surface area contributed by atoms with Crippen LogP contribution < -0.4 is 15.4 Å². The topological polar surface area (TPSA) is 136 Å². The number of thiophene rings is 1. The molecule has 0 atom stereocenters. The molecule has 2 rings (SSSR count). The Morgan fingerprint density at radius 1 is 1.18 bits per heavy atom. The number of rotatable bonds is 12. The second-order valence-corrected chi connectivity index (χ2v) is 10.8. The van der Waals surface area contributed by atoms with Gasteiger partial charge in [0.05, 0.1) is 13.7 Å². The summed E-state index contributed by atoms with van der Waals surface area (Å²) in [6, 6.07) is 4.04. The van der Waals surface area contributed by atoms with Gasteiger partial charge in [0, 0.05) is 36.3 Å². The number of hydrogen-bond acceptors (Lipinski definition) is 10. The molecule has 2 heterocycles. The molecular formula is C20H28N4O6S3. The lowest BCUT2D eigenvalue weighted by molar-refractivity contribution is -0.140. The number of nitrogens with zero attached hydrogens (tertiary/aromatic N) is 1. The van der Waals surface area contributed by atoms with Crippen molar-refractivity contribution in [3.63, 3.8) is 0 Å². The van der Waals surface area contributed by atoms with Crippen LogP contribution >= 0.6 is 23.1 Å². The molecule has 182 valence electrons. The predicted molar refractivity (Wildman–Crippen MR) is 130 cm³/mol. The Bertz CT molecular complexity index is 1070. The Labute approximate surface area is 201 Å². The van der Waals surface area contributed by atoms with Gasteiger partial charge in [0.1, 0.15) is 15.8 Å². The lowest BCUT2D eigenvalue weighted by Gasteiger charge is -2.11. The van der Waals surface area contributed by atoms with E-state index in [1.165, 1.54) is 24.9 Å². The second-order valence-electron chi connectivity index (χ2n) is 6.86. The minimum absolute atomic E-state index is 0.0556. The number of carbonyl (C=O) groups is 2. The third-order valence-electron chi connectivity index (χ3n) is 4.39. The third kappa shape index (κ3) is 8.50. The van der Waals surface area contributed by atoms with Crippen molar-refractivity contribution in [2.45, 2.75) is 35.3 Å². The molecule has 0 aromatic carbocycles. The van der Waals surface area contributed by atoms with E-state index in [1.807, 2.05) is 17.9 Å². The first-order chi connectivity index (χ1) is 15.7. The van der Waals surface area contributed by atoms with E-state index in [1.54, 1.807) is 19.2 Å². The van der Waals surface area contributed by atoms with Crippen LogP contribution in [0.25, 0.3) is 0 Å². The normalized spacial score (nSPS) is 11.2. The lowest BCUT2D eigenvalue weighted by atomic mass is 10.2. The van der Waals surface area contributed by atoms with E-state index in [-0.39, 0.29) is 22.4 Å². The summed E-state index contributed by atoms with van der Waals surface area (Å²) in [5, 5.41) is 5.55. The summed E-state index contributed by atoms with van der Waals surface area (Å²) in [6.07, 6.45) is 3.28. The van der Waals surface area contributed by atoms with Crippen molar-refractivity contribution in [3.8, 4) is 0 Å². The average molecular weight is 517 g/mol. The van der Waals surface area contributed by atoms with Crippen LogP contribution in [0.4, 0.5) is 16.4 Å². The number of ether oxygens (including phenoxy) is 2. The Kier molecular flexibility index (Phi) is 10.4. The first-order valence-corrected chi connectivity index (χ1v) is 13.5. The van der Waals surface area contributed by atoms with Crippen LogP contribution in [0.2, 0.25) is 0 Å². The third-order valence-corrected chi connectivity index (χ3v) is 8.20. The maximum absolute atomic E-state index is 12.6. The number of anilines is 2. The molecule has 0 aliphatic heterocycles. The molecule has 0 fully saturated rings. The van der Waals surface area contributed by atoms with Crippen LogP contribution in [-0.4, -0.2) is 59.0 Å². The molecule has 10 nitrogen and oxygen atoms in total. The molecule has 2 aromatic rings. The number of aromatic nitrogens is 1. The Morgan fingerprint density at radius 3 is 2.58 bits per heavy atom. The highest BCUT2D eigenvalue weighted by molar-refractivity contribution is 7.98. The SMILES string of the molecule is COCCc1sc(S(=O)(=O)NC(=O)Nc2cc(SC)cc(NCCCC(=O)OC)n2)cc1C. The summed E-state index contributed by atoms with van der Waals surface area (Å²) < 4.78 is 37.0. The van der Waals surface area contributed by atoms with Crippen molar-refractivity contribution in [1.29, 1.82) is 0 Å². The lowest BCUT2D eigenvalue weighted by Crippen LogP contribution is -2.34. The van der Waals surface area contributed by atoms with Crippen LogP contribution in [-0.2, 0) is 30.7 Å². The van der Waals surface area contributed by atoms with E-state index < -0.39 is 16.1 Å². The standard InChI is InChI=1S/C20H28N4O6S3/c1-13-10-19(32-15(13)7-9-29-2)33(27,28)24-20(26)23-17-12-14(31-4)11-16(22-17)21-8-5-6-18(25)30-3/h10-12H,5-9H2,1-4H3,(H3,21,22,23,24,26). The van der Waals surface area contributed by atoms with E-state index in [2.05, 4.69) is 20.4 Å². The number of urea groups is 1. The molecule has 0 aliphatic rings. The highest BCUT2D eigenvalue weighted by Crippen LogP contribution is 2.27. The van der Waals surface area contributed by atoms with Crippen molar-refractivity contribution in [2.24, 2.45) is 0 Å². The first kappa shape index (κ1) is 26.9.